The van der Waals surface area contributed by atoms with Crippen molar-refractivity contribution in [2.24, 2.45) is 0 Å². The topological polar surface area (TPSA) is 65.5 Å². The predicted molar refractivity (Wildman–Crippen MR) is 43.4 cm³/mol. The van der Waals surface area contributed by atoms with Gasteiger partial charge < -0.3 is 9.47 Å². The number of hydrogen-bond acceptors (Lipinski definition) is 5. The van der Waals surface area contributed by atoms with E-state index >= 15 is 0 Å². The van der Waals surface area contributed by atoms with Crippen LogP contribution in [0.4, 0.5) is 0 Å². The van der Waals surface area contributed by atoms with E-state index in [1.165, 1.54) is 6.07 Å². The van der Waals surface area contributed by atoms with Crippen LogP contribution >= 0.6 is 10.7 Å². The van der Waals surface area contributed by atoms with E-state index in [9.17, 15) is 8.42 Å². The van der Waals surface area contributed by atoms with Crippen LogP contribution in [0, 0.1) is 0 Å². The van der Waals surface area contributed by atoms with Gasteiger partial charge in [-0.1, -0.05) is 0 Å². The molecule has 2 rings (SSSR count). The quantitative estimate of drug-likeness (QED) is 0.655. The van der Waals surface area contributed by atoms with Crippen LogP contribution in [0.25, 0.3) is 0 Å². The van der Waals surface area contributed by atoms with Crippen molar-refractivity contribution in [3.63, 3.8) is 0 Å². The summed E-state index contributed by atoms with van der Waals surface area (Å²) >= 11 is 0. The Hall–Kier alpha value is -1.01. The Morgan fingerprint density at radius 1 is 1.46 bits per heavy atom. The molecule has 0 unspecified atom stereocenters. The number of fused-ring (bicyclic) bond motifs is 1. The van der Waals surface area contributed by atoms with Crippen molar-refractivity contribution >= 4 is 19.7 Å². The third kappa shape index (κ3) is 1.54. The molecule has 0 radical (unpaired) electrons. The van der Waals surface area contributed by atoms with E-state index in [-0.39, 0.29) is 17.6 Å². The minimum Gasteiger partial charge on any atom is -0.452 e. The molecule has 1 aliphatic heterocycles. The number of aromatic nitrogens is 1. The Balaban J connectivity index is 2.54. The van der Waals surface area contributed by atoms with Crippen LogP contribution in [0.15, 0.2) is 17.2 Å². The van der Waals surface area contributed by atoms with Crippen LogP contribution in [0.5, 0.6) is 11.6 Å². The fourth-order valence-corrected chi connectivity index (χ4v) is 1.59. The summed E-state index contributed by atoms with van der Waals surface area (Å²) in [6.07, 6.45) is 1.12. The van der Waals surface area contributed by atoms with Gasteiger partial charge in [0, 0.05) is 16.7 Å². The standard InChI is InChI=1S/C6H4ClNO4S/c7-13(9,10)4-1-5-6(8-2-4)12-3-11-5/h1-2H,3H2. The highest BCUT2D eigenvalue weighted by Gasteiger charge is 2.19. The number of pyridine rings is 1. The first kappa shape index (κ1) is 8.58. The molecule has 0 N–H and O–H groups in total. The third-order valence-electron chi connectivity index (χ3n) is 1.48. The van der Waals surface area contributed by atoms with Crippen molar-refractivity contribution < 1.29 is 17.9 Å². The van der Waals surface area contributed by atoms with Gasteiger partial charge in [-0.25, -0.2) is 13.4 Å². The van der Waals surface area contributed by atoms with E-state index in [4.69, 9.17) is 20.2 Å². The predicted octanol–water partition coefficient (Wildman–Crippen LogP) is 0.738. The van der Waals surface area contributed by atoms with Gasteiger partial charge in [0.05, 0.1) is 6.20 Å². The van der Waals surface area contributed by atoms with Crippen LogP contribution < -0.4 is 9.47 Å². The minimum atomic E-state index is -3.75. The highest BCUT2D eigenvalue weighted by Crippen LogP contribution is 2.31. The van der Waals surface area contributed by atoms with Gasteiger partial charge in [-0.15, -0.1) is 0 Å². The fraction of sp³-hybridized carbons (Fsp3) is 0.167. The number of rotatable bonds is 1. The molecular formula is C6H4ClNO4S. The van der Waals surface area contributed by atoms with Gasteiger partial charge in [0.25, 0.3) is 14.9 Å². The van der Waals surface area contributed by atoms with E-state index in [1.807, 2.05) is 0 Å². The van der Waals surface area contributed by atoms with E-state index in [0.717, 1.165) is 6.20 Å². The smallest absolute Gasteiger partial charge is 0.262 e. The van der Waals surface area contributed by atoms with Gasteiger partial charge in [-0.3, -0.25) is 0 Å². The molecule has 0 aliphatic carbocycles. The molecule has 1 aromatic heterocycles. The largest absolute Gasteiger partial charge is 0.452 e. The molecule has 1 aliphatic rings. The monoisotopic (exact) mass is 221 g/mol. The number of halogens is 1. The second-order valence-corrected chi connectivity index (χ2v) is 4.88. The Morgan fingerprint density at radius 3 is 2.92 bits per heavy atom. The Kier molecular flexibility index (Phi) is 1.81. The maximum absolute atomic E-state index is 10.9. The van der Waals surface area contributed by atoms with E-state index in [0.29, 0.717) is 5.75 Å². The summed E-state index contributed by atoms with van der Waals surface area (Å²) in [6.45, 7) is 0.0497. The zero-order valence-corrected chi connectivity index (χ0v) is 7.80. The lowest BCUT2D eigenvalue weighted by atomic mass is 10.4. The van der Waals surface area contributed by atoms with Crippen molar-refractivity contribution in [1.29, 1.82) is 0 Å². The van der Waals surface area contributed by atoms with Crippen LogP contribution in [-0.4, -0.2) is 20.2 Å². The average molecular weight is 222 g/mol. The Labute approximate surface area is 78.7 Å². The zero-order valence-electron chi connectivity index (χ0n) is 6.23. The van der Waals surface area contributed by atoms with Crippen molar-refractivity contribution in [3.8, 4) is 11.6 Å². The molecule has 2 heterocycles. The van der Waals surface area contributed by atoms with Crippen LogP contribution in [0.1, 0.15) is 0 Å². The maximum atomic E-state index is 10.9. The molecule has 0 bridgehead atoms. The van der Waals surface area contributed by atoms with E-state index < -0.39 is 9.05 Å². The van der Waals surface area contributed by atoms with E-state index in [2.05, 4.69) is 4.98 Å². The molecule has 0 saturated carbocycles. The lowest BCUT2D eigenvalue weighted by Gasteiger charge is -1.96. The minimum absolute atomic E-state index is 0.0497. The van der Waals surface area contributed by atoms with Gasteiger partial charge in [0.2, 0.25) is 6.79 Å². The average Bonchev–Trinajstić information content (AvgIpc) is 2.47. The molecule has 7 heteroatoms. The van der Waals surface area contributed by atoms with Crippen LogP contribution in [0.3, 0.4) is 0 Å². The second-order valence-electron chi connectivity index (χ2n) is 2.32. The molecule has 0 amide bonds. The van der Waals surface area contributed by atoms with Crippen molar-refractivity contribution in [3.05, 3.63) is 12.3 Å². The first-order chi connectivity index (χ1) is 6.07. The molecule has 0 aromatic carbocycles. The van der Waals surface area contributed by atoms with Crippen LogP contribution in [0.2, 0.25) is 0 Å². The Bertz CT molecular complexity index is 444. The first-order valence-electron chi connectivity index (χ1n) is 3.28. The number of hydrogen-bond donors (Lipinski definition) is 0. The summed E-state index contributed by atoms with van der Waals surface area (Å²) in [4.78, 5) is 3.62. The summed E-state index contributed by atoms with van der Waals surface area (Å²) < 4.78 is 31.5. The SMILES string of the molecule is O=S(=O)(Cl)c1cnc2c(c1)OCO2. The molecule has 0 atom stereocenters. The van der Waals surface area contributed by atoms with Gasteiger partial charge in [0.1, 0.15) is 4.90 Å². The lowest BCUT2D eigenvalue weighted by molar-refractivity contribution is 0.171. The molecule has 0 fully saturated rings. The number of ether oxygens (including phenoxy) is 2. The molecule has 5 nitrogen and oxygen atoms in total. The van der Waals surface area contributed by atoms with Crippen molar-refractivity contribution in [1.82, 2.24) is 4.98 Å². The fourth-order valence-electron chi connectivity index (χ4n) is 0.908. The molecule has 70 valence electrons. The van der Waals surface area contributed by atoms with Crippen molar-refractivity contribution in [2.45, 2.75) is 4.90 Å². The first-order valence-corrected chi connectivity index (χ1v) is 5.58. The van der Waals surface area contributed by atoms with E-state index in [1.54, 1.807) is 0 Å². The molecular weight excluding hydrogens is 218 g/mol. The molecule has 0 spiro atoms. The van der Waals surface area contributed by atoms with Gasteiger partial charge >= 0.3 is 0 Å². The second kappa shape index (κ2) is 2.74. The highest BCUT2D eigenvalue weighted by molar-refractivity contribution is 8.13. The molecule has 0 saturated heterocycles. The summed E-state index contributed by atoms with van der Waals surface area (Å²) in [6, 6.07) is 1.28. The van der Waals surface area contributed by atoms with Crippen LogP contribution in [-0.2, 0) is 9.05 Å². The normalized spacial score (nSPS) is 14.5. The lowest BCUT2D eigenvalue weighted by Crippen LogP contribution is -1.93. The number of nitrogens with zero attached hydrogens (tertiary/aromatic N) is 1. The van der Waals surface area contributed by atoms with Gasteiger partial charge in [-0.2, -0.15) is 0 Å². The Morgan fingerprint density at radius 2 is 2.23 bits per heavy atom. The van der Waals surface area contributed by atoms with Crippen molar-refractivity contribution in [2.75, 3.05) is 6.79 Å². The zero-order chi connectivity index (χ0) is 9.47. The molecule has 13 heavy (non-hydrogen) atoms. The summed E-state index contributed by atoms with van der Waals surface area (Å²) in [7, 11) is 1.35. The summed E-state index contributed by atoms with van der Waals surface area (Å²) in [5, 5.41) is 0. The third-order valence-corrected chi connectivity index (χ3v) is 2.81. The highest BCUT2D eigenvalue weighted by atomic mass is 35.7. The maximum Gasteiger partial charge on any atom is 0.262 e. The van der Waals surface area contributed by atoms with Gasteiger partial charge in [0.15, 0.2) is 5.75 Å². The van der Waals surface area contributed by atoms with Gasteiger partial charge in [-0.05, 0) is 0 Å². The summed E-state index contributed by atoms with van der Waals surface area (Å²) in [5.41, 5.74) is 0. The molecule has 1 aromatic rings. The summed E-state index contributed by atoms with van der Waals surface area (Å²) in [5.74, 6) is 0.575.